The summed E-state index contributed by atoms with van der Waals surface area (Å²) in [4.78, 5) is 25.2. The molecule has 1 heterocycles. The van der Waals surface area contributed by atoms with Gasteiger partial charge >= 0.3 is 0 Å². The normalized spacial score (nSPS) is 14.7. The quantitative estimate of drug-likeness (QED) is 0.822. The third-order valence-electron chi connectivity index (χ3n) is 3.24. The molecule has 1 N–H and O–H groups in total. The third kappa shape index (κ3) is 3.96. The molecule has 20 heavy (non-hydrogen) atoms. The minimum atomic E-state index is -0.138. The van der Waals surface area contributed by atoms with Crippen LogP contribution in [0.25, 0.3) is 0 Å². The average molecular weight is 360 g/mol. The van der Waals surface area contributed by atoms with E-state index in [4.69, 9.17) is 11.6 Å². The highest BCUT2D eigenvalue weighted by atomic mass is 79.9. The summed E-state index contributed by atoms with van der Waals surface area (Å²) in [5, 5.41) is 3.43. The Balaban J connectivity index is 1.76. The summed E-state index contributed by atoms with van der Waals surface area (Å²) >= 11 is 9.16. The molecule has 2 amide bonds. The molecular formula is C14H16BrClN2O2. The molecule has 0 spiro atoms. The highest BCUT2D eigenvalue weighted by molar-refractivity contribution is 9.10. The topological polar surface area (TPSA) is 49.4 Å². The van der Waals surface area contributed by atoms with Crippen LogP contribution in [0.3, 0.4) is 0 Å². The second-order valence-electron chi connectivity index (χ2n) is 4.72. The molecule has 0 unspecified atom stereocenters. The second-order valence-corrected chi connectivity index (χ2v) is 6.01. The molecule has 1 fully saturated rings. The van der Waals surface area contributed by atoms with Gasteiger partial charge in [0.05, 0.1) is 5.56 Å². The van der Waals surface area contributed by atoms with Crippen molar-refractivity contribution in [3.05, 3.63) is 33.3 Å². The standard InChI is InChI=1S/C14H16BrClN2O2/c15-12-9-10(16)4-5-11(12)14(20)17-6-2-8-18-7-1-3-13(18)19/h4-5,9H,1-3,6-8H2,(H,17,20). The van der Waals surface area contributed by atoms with Crippen LogP contribution in [0, 0.1) is 0 Å². The summed E-state index contributed by atoms with van der Waals surface area (Å²) in [5.41, 5.74) is 0.562. The number of hydrogen-bond acceptors (Lipinski definition) is 2. The Bertz CT molecular complexity index is 522. The molecule has 0 radical (unpaired) electrons. The molecule has 0 bridgehead atoms. The average Bonchev–Trinajstić information content (AvgIpc) is 2.80. The lowest BCUT2D eigenvalue weighted by molar-refractivity contribution is -0.127. The van der Waals surface area contributed by atoms with Crippen molar-refractivity contribution in [3.63, 3.8) is 0 Å². The first-order chi connectivity index (χ1) is 9.58. The lowest BCUT2D eigenvalue weighted by Gasteiger charge is -2.15. The molecular weight excluding hydrogens is 344 g/mol. The minimum absolute atomic E-state index is 0.138. The fourth-order valence-corrected chi connectivity index (χ4v) is 3.04. The zero-order chi connectivity index (χ0) is 14.5. The highest BCUT2D eigenvalue weighted by Gasteiger charge is 2.19. The van der Waals surface area contributed by atoms with Gasteiger partial charge in [0.1, 0.15) is 0 Å². The monoisotopic (exact) mass is 358 g/mol. The maximum atomic E-state index is 12.0. The van der Waals surface area contributed by atoms with Crippen LogP contribution in [0.4, 0.5) is 0 Å². The van der Waals surface area contributed by atoms with Crippen molar-refractivity contribution in [1.29, 1.82) is 0 Å². The van der Waals surface area contributed by atoms with Crippen molar-refractivity contribution >= 4 is 39.3 Å². The first-order valence-electron chi connectivity index (χ1n) is 6.59. The van der Waals surface area contributed by atoms with Gasteiger partial charge in [-0.15, -0.1) is 0 Å². The van der Waals surface area contributed by atoms with E-state index in [1.807, 2.05) is 4.90 Å². The zero-order valence-electron chi connectivity index (χ0n) is 11.0. The molecule has 2 rings (SSSR count). The van der Waals surface area contributed by atoms with E-state index >= 15 is 0 Å². The van der Waals surface area contributed by atoms with Crippen molar-refractivity contribution in [2.75, 3.05) is 19.6 Å². The summed E-state index contributed by atoms with van der Waals surface area (Å²) in [6.07, 6.45) is 2.37. The third-order valence-corrected chi connectivity index (χ3v) is 4.13. The molecule has 1 aromatic carbocycles. The number of nitrogens with one attached hydrogen (secondary N) is 1. The van der Waals surface area contributed by atoms with Crippen molar-refractivity contribution in [2.24, 2.45) is 0 Å². The second kappa shape index (κ2) is 7.09. The van der Waals surface area contributed by atoms with Crippen LogP contribution in [-0.2, 0) is 4.79 Å². The van der Waals surface area contributed by atoms with Gasteiger partial charge in [0.2, 0.25) is 5.91 Å². The van der Waals surface area contributed by atoms with Gasteiger partial charge < -0.3 is 10.2 Å². The number of likely N-dealkylation sites (tertiary alicyclic amines) is 1. The number of nitrogens with zero attached hydrogens (tertiary/aromatic N) is 1. The van der Waals surface area contributed by atoms with Crippen LogP contribution in [0.1, 0.15) is 29.6 Å². The van der Waals surface area contributed by atoms with Crippen LogP contribution >= 0.6 is 27.5 Å². The van der Waals surface area contributed by atoms with E-state index in [0.717, 1.165) is 19.4 Å². The van der Waals surface area contributed by atoms with Crippen LogP contribution < -0.4 is 5.32 Å². The van der Waals surface area contributed by atoms with Crippen molar-refractivity contribution < 1.29 is 9.59 Å². The summed E-state index contributed by atoms with van der Waals surface area (Å²) in [6.45, 7) is 2.11. The molecule has 0 aromatic heterocycles. The first kappa shape index (κ1) is 15.3. The van der Waals surface area contributed by atoms with Crippen LogP contribution in [0.15, 0.2) is 22.7 Å². The van der Waals surface area contributed by atoms with Gasteiger partial charge in [0.25, 0.3) is 5.91 Å². The van der Waals surface area contributed by atoms with E-state index in [1.54, 1.807) is 18.2 Å². The highest BCUT2D eigenvalue weighted by Crippen LogP contribution is 2.21. The Morgan fingerprint density at radius 3 is 2.90 bits per heavy atom. The zero-order valence-corrected chi connectivity index (χ0v) is 13.3. The molecule has 1 aromatic rings. The van der Waals surface area contributed by atoms with Crippen molar-refractivity contribution in [2.45, 2.75) is 19.3 Å². The number of rotatable bonds is 5. The van der Waals surface area contributed by atoms with E-state index in [1.165, 1.54) is 0 Å². The van der Waals surface area contributed by atoms with E-state index in [2.05, 4.69) is 21.2 Å². The molecule has 1 aliphatic rings. The number of carbonyl (C=O) groups is 2. The largest absolute Gasteiger partial charge is 0.352 e. The molecule has 108 valence electrons. The van der Waals surface area contributed by atoms with E-state index in [0.29, 0.717) is 34.6 Å². The maximum Gasteiger partial charge on any atom is 0.252 e. The van der Waals surface area contributed by atoms with Crippen LogP contribution in [0.2, 0.25) is 5.02 Å². The number of carbonyl (C=O) groups excluding carboxylic acids is 2. The van der Waals surface area contributed by atoms with Gasteiger partial charge in [0, 0.05) is 35.6 Å². The van der Waals surface area contributed by atoms with Gasteiger partial charge in [-0.1, -0.05) is 11.6 Å². The first-order valence-corrected chi connectivity index (χ1v) is 7.76. The molecule has 1 saturated heterocycles. The summed E-state index contributed by atoms with van der Waals surface area (Å²) in [7, 11) is 0. The van der Waals surface area contributed by atoms with Gasteiger partial charge in [-0.2, -0.15) is 0 Å². The number of halogens is 2. The fourth-order valence-electron chi connectivity index (χ4n) is 2.18. The van der Waals surface area contributed by atoms with E-state index < -0.39 is 0 Å². The van der Waals surface area contributed by atoms with Gasteiger partial charge in [0.15, 0.2) is 0 Å². The van der Waals surface area contributed by atoms with Gasteiger partial charge in [-0.3, -0.25) is 9.59 Å². The predicted octanol–water partition coefficient (Wildman–Crippen LogP) is 2.84. The number of benzene rings is 1. The summed E-state index contributed by atoms with van der Waals surface area (Å²) < 4.78 is 0.678. The lowest BCUT2D eigenvalue weighted by Crippen LogP contribution is -2.30. The molecule has 0 saturated carbocycles. The fraction of sp³-hybridized carbons (Fsp3) is 0.429. The van der Waals surface area contributed by atoms with Crippen molar-refractivity contribution in [1.82, 2.24) is 10.2 Å². The van der Waals surface area contributed by atoms with Crippen LogP contribution in [0.5, 0.6) is 0 Å². The Morgan fingerprint density at radius 1 is 1.45 bits per heavy atom. The smallest absolute Gasteiger partial charge is 0.252 e. The molecule has 0 atom stereocenters. The predicted molar refractivity (Wildman–Crippen MR) is 81.9 cm³/mol. The Kier molecular flexibility index (Phi) is 5.43. The van der Waals surface area contributed by atoms with Gasteiger partial charge in [-0.25, -0.2) is 0 Å². The summed E-state index contributed by atoms with van der Waals surface area (Å²) in [5.74, 6) is 0.0815. The Hall–Kier alpha value is -1.07. The molecule has 1 aliphatic heterocycles. The molecule has 4 nitrogen and oxygen atoms in total. The minimum Gasteiger partial charge on any atom is -0.352 e. The Morgan fingerprint density at radius 2 is 2.25 bits per heavy atom. The lowest BCUT2D eigenvalue weighted by atomic mass is 10.2. The van der Waals surface area contributed by atoms with Gasteiger partial charge in [-0.05, 0) is 47.0 Å². The molecule has 6 heteroatoms. The summed E-state index contributed by atoms with van der Waals surface area (Å²) in [6, 6.07) is 5.06. The Labute approximate surface area is 131 Å². The number of hydrogen-bond donors (Lipinski definition) is 1. The van der Waals surface area contributed by atoms with Crippen LogP contribution in [-0.4, -0.2) is 36.3 Å². The maximum absolute atomic E-state index is 12.0. The number of amides is 2. The van der Waals surface area contributed by atoms with Crippen molar-refractivity contribution in [3.8, 4) is 0 Å². The van der Waals surface area contributed by atoms with E-state index in [-0.39, 0.29) is 11.8 Å². The molecule has 0 aliphatic carbocycles. The van der Waals surface area contributed by atoms with E-state index in [9.17, 15) is 9.59 Å². The SMILES string of the molecule is O=C(NCCCN1CCCC1=O)c1ccc(Cl)cc1Br.